The first-order valence-corrected chi connectivity index (χ1v) is 6.68. The lowest BCUT2D eigenvalue weighted by molar-refractivity contribution is 0.617. The molecule has 3 rings (SSSR count). The molecule has 0 atom stereocenters. The van der Waals surface area contributed by atoms with Crippen LogP contribution in [0, 0.1) is 0 Å². The minimum atomic E-state index is 0.409. The van der Waals surface area contributed by atoms with Gasteiger partial charge in [0.2, 0.25) is 0 Å². The smallest absolute Gasteiger partial charge is 0.135 e. The SMILES string of the molecule is CC(C)c1nnc2n1CCN(c1ccncn1)CC2. The fourth-order valence-electron chi connectivity index (χ4n) is 2.47. The molecule has 1 aliphatic rings. The molecule has 0 spiro atoms. The van der Waals surface area contributed by atoms with Gasteiger partial charge in [0, 0.05) is 38.2 Å². The zero-order valence-electron chi connectivity index (χ0n) is 11.3. The summed E-state index contributed by atoms with van der Waals surface area (Å²) in [6.45, 7) is 7.09. The molecule has 100 valence electrons. The highest BCUT2D eigenvalue weighted by Gasteiger charge is 2.20. The van der Waals surface area contributed by atoms with Crippen LogP contribution in [0.1, 0.15) is 31.4 Å². The molecule has 6 heteroatoms. The third-order valence-corrected chi connectivity index (χ3v) is 3.46. The predicted octanol–water partition coefficient (Wildman–Crippen LogP) is 1.25. The molecule has 3 heterocycles. The first-order chi connectivity index (χ1) is 9.25. The number of hydrogen-bond donors (Lipinski definition) is 0. The highest BCUT2D eigenvalue weighted by atomic mass is 15.3. The van der Waals surface area contributed by atoms with Crippen molar-refractivity contribution in [2.24, 2.45) is 0 Å². The third kappa shape index (κ3) is 2.30. The molecule has 2 aromatic heterocycles. The van der Waals surface area contributed by atoms with E-state index in [0.717, 1.165) is 43.5 Å². The lowest BCUT2D eigenvalue weighted by atomic mass is 10.2. The van der Waals surface area contributed by atoms with Gasteiger partial charge in [0.15, 0.2) is 0 Å². The van der Waals surface area contributed by atoms with Gasteiger partial charge in [-0.2, -0.15) is 0 Å². The summed E-state index contributed by atoms with van der Waals surface area (Å²) >= 11 is 0. The molecule has 2 aromatic rings. The molecule has 0 aromatic carbocycles. The van der Waals surface area contributed by atoms with E-state index in [9.17, 15) is 0 Å². The van der Waals surface area contributed by atoms with Crippen LogP contribution in [0.25, 0.3) is 0 Å². The molecule has 0 saturated heterocycles. The Morgan fingerprint density at radius 1 is 1.16 bits per heavy atom. The Bertz CT molecular complexity index is 548. The monoisotopic (exact) mass is 258 g/mol. The van der Waals surface area contributed by atoms with Crippen LogP contribution in [-0.4, -0.2) is 37.8 Å². The Hall–Kier alpha value is -1.98. The Morgan fingerprint density at radius 2 is 2.05 bits per heavy atom. The second kappa shape index (κ2) is 4.95. The molecule has 0 aliphatic carbocycles. The summed E-state index contributed by atoms with van der Waals surface area (Å²) in [7, 11) is 0. The standard InChI is InChI=1S/C13H18N6/c1-10(2)13-17-16-12-4-6-18(7-8-19(12)13)11-3-5-14-9-15-11/h3,5,9-10H,4,6-8H2,1-2H3. The highest BCUT2D eigenvalue weighted by Crippen LogP contribution is 2.18. The molecular weight excluding hydrogens is 240 g/mol. The summed E-state index contributed by atoms with van der Waals surface area (Å²) in [5.41, 5.74) is 0. The molecule has 0 amide bonds. The molecule has 0 unspecified atom stereocenters. The van der Waals surface area contributed by atoms with Crippen LogP contribution in [0.5, 0.6) is 0 Å². The van der Waals surface area contributed by atoms with Crippen LogP contribution < -0.4 is 4.90 Å². The Labute approximate surface area is 112 Å². The number of rotatable bonds is 2. The molecule has 0 fully saturated rings. The van der Waals surface area contributed by atoms with E-state index < -0.39 is 0 Å². The summed E-state index contributed by atoms with van der Waals surface area (Å²) in [5, 5.41) is 8.63. The Balaban J connectivity index is 1.82. The Morgan fingerprint density at radius 3 is 2.79 bits per heavy atom. The molecule has 19 heavy (non-hydrogen) atoms. The second-order valence-electron chi connectivity index (χ2n) is 5.09. The first kappa shape index (κ1) is 12.1. The summed E-state index contributed by atoms with van der Waals surface area (Å²) < 4.78 is 2.26. The first-order valence-electron chi connectivity index (χ1n) is 6.68. The van der Waals surface area contributed by atoms with E-state index in [0.29, 0.717) is 5.92 Å². The normalized spacial score (nSPS) is 15.4. The predicted molar refractivity (Wildman–Crippen MR) is 72.1 cm³/mol. The fourth-order valence-corrected chi connectivity index (χ4v) is 2.47. The highest BCUT2D eigenvalue weighted by molar-refractivity contribution is 5.36. The lowest BCUT2D eigenvalue weighted by Crippen LogP contribution is -2.27. The van der Waals surface area contributed by atoms with Crippen LogP contribution in [-0.2, 0) is 13.0 Å². The van der Waals surface area contributed by atoms with Gasteiger partial charge in [0.1, 0.15) is 23.8 Å². The molecule has 6 nitrogen and oxygen atoms in total. The van der Waals surface area contributed by atoms with Gasteiger partial charge in [0.25, 0.3) is 0 Å². The number of hydrogen-bond acceptors (Lipinski definition) is 5. The number of anilines is 1. The lowest BCUT2D eigenvalue weighted by Gasteiger charge is -2.20. The number of aromatic nitrogens is 5. The van der Waals surface area contributed by atoms with Gasteiger partial charge in [-0.15, -0.1) is 10.2 Å². The molecule has 0 saturated carbocycles. The van der Waals surface area contributed by atoms with Crippen LogP contribution >= 0.6 is 0 Å². The topological polar surface area (TPSA) is 59.7 Å². The van der Waals surface area contributed by atoms with E-state index in [2.05, 4.69) is 43.5 Å². The summed E-state index contributed by atoms with van der Waals surface area (Å²) in [6.07, 6.45) is 4.29. The van der Waals surface area contributed by atoms with Gasteiger partial charge >= 0.3 is 0 Å². The van der Waals surface area contributed by atoms with Gasteiger partial charge in [-0.05, 0) is 6.07 Å². The number of fused-ring (bicyclic) bond motifs is 1. The van der Waals surface area contributed by atoms with Crippen molar-refractivity contribution in [1.82, 2.24) is 24.7 Å². The minimum Gasteiger partial charge on any atom is -0.354 e. The van der Waals surface area contributed by atoms with Crippen molar-refractivity contribution in [2.75, 3.05) is 18.0 Å². The van der Waals surface area contributed by atoms with Crippen LogP contribution in [0.3, 0.4) is 0 Å². The van der Waals surface area contributed by atoms with Crippen LogP contribution in [0.2, 0.25) is 0 Å². The minimum absolute atomic E-state index is 0.409. The zero-order valence-corrected chi connectivity index (χ0v) is 11.3. The van der Waals surface area contributed by atoms with Gasteiger partial charge in [-0.3, -0.25) is 0 Å². The third-order valence-electron chi connectivity index (χ3n) is 3.46. The maximum absolute atomic E-state index is 4.32. The van der Waals surface area contributed by atoms with E-state index in [4.69, 9.17) is 0 Å². The van der Waals surface area contributed by atoms with E-state index in [1.54, 1.807) is 12.5 Å². The Kier molecular flexibility index (Phi) is 3.15. The largest absolute Gasteiger partial charge is 0.354 e. The fraction of sp³-hybridized carbons (Fsp3) is 0.538. The van der Waals surface area contributed by atoms with Crippen molar-refractivity contribution in [1.29, 1.82) is 0 Å². The summed E-state index contributed by atoms with van der Waals surface area (Å²) in [6, 6.07) is 1.95. The van der Waals surface area contributed by atoms with Gasteiger partial charge in [0.05, 0.1) is 0 Å². The molecule has 0 bridgehead atoms. The van der Waals surface area contributed by atoms with E-state index in [-0.39, 0.29) is 0 Å². The van der Waals surface area contributed by atoms with Crippen molar-refractivity contribution < 1.29 is 0 Å². The average Bonchev–Trinajstić information content (AvgIpc) is 2.72. The van der Waals surface area contributed by atoms with Crippen molar-refractivity contribution in [3.8, 4) is 0 Å². The van der Waals surface area contributed by atoms with Gasteiger partial charge in [-0.25, -0.2) is 9.97 Å². The molecule has 1 aliphatic heterocycles. The quantitative estimate of drug-likeness (QED) is 0.811. The summed E-state index contributed by atoms with van der Waals surface area (Å²) in [5.74, 6) is 3.56. The van der Waals surface area contributed by atoms with E-state index >= 15 is 0 Å². The van der Waals surface area contributed by atoms with Crippen LogP contribution in [0.15, 0.2) is 18.6 Å². The maximum Gasteiger partial charge on any atom is 0.135 e. The van der Waals surface area contributed by atoms with Gasteiger partial charge < -0.3 is 9.47 Å². The molecule has 0 radical (unpaired) electrons. The van der Waals surface area contributed by atoms with E-state index in [1.807, 2.05) is 6.07 Å². The van der Waals surface area contributed by atoms with Crippen molar-refractivity contribution in [3.05, 3.63) is 30.2 Å². The maximum atomic E-state index is 4.32. The van der Waals surface area contributed by atoms with E-state index in [1.165, 1.54) is 0 Å². The van der Waals surface area contributed by atoms with Crippen LogP contribution in [0.4, 0.5) is 5.82 Å². The van der Waals surface area contributed by atoms with Gasteiger partial charge in [-0.1, -0.05) is 13.8 Å². The molecular formula is C13H18N6. The average molecular weight is 258 g/mol. The van der Waals surface area contributed by atoms with Crippen molar-refractivity contribution in [3.63, 3.8) is 0 Å². The second-order valence-corrected chi connectivity index (χ2v) is 5.09. The number of nitrogens with zero attached hydrogens (tertiary/aromatic N) is 6. The summed E-state index contributed by atoms with van der Waals surface area (Å²) in [4.78, 5) is 10.6. The van der Waals surface area contributed by atoms with Crippen molar-refractivity contribution in [2.45, 2.75) is 32.7 Å². The zero-order chi connectivity index (χ0) is 13.2. The molecule has 0 N–H and O–H groups in total. The van der Waals surface area contributed by atoms with Crippen molar-refractivity contribution >= 4 is 5.82 Å².